The Hall–Kier alpha value is -1.07. The van der Waals surface area contributed by atoms with Gasteiger partial charge in [-0.15, -0.1) is 12.4 Å². The Bertz CT molecular complexity index is 378. The van der Waals surface area contributed by atoms with Crippen molar-refractivity contribution in [2.45, 2.75) is 39.5 Å². The summed E-state index contributed by atoms with van der Waals surface area (Å²) in [5.41, 5.74) is 6.35. The Morgan fingerprint density at radius 1 is 1.47 bits per heavy atom. The van der Waals surface area contributed by atoms with Crippen LogP contribution in [-0.2, 0) is 0 Å². The summed E-state index contributed by atoms with van der Waals surface area (Å²) in [4.78, 5) is 11.8. The molecule has 0 bridgehead atoms. The van der Waals surface area contributed by atoms with Gasteiger partial charge in [-0.05, 0) is 25.3 Å². The van der Waals surface area contributed by atoms with Crippen LogP contribution in [0.3, 0.4) is 0 Å². The largest absolute Gasteiger partial charge is 0.351 e. The van der Waals surface area contributed by atoms with E-state index in [1.807, 2.05) is 6.92 Å². The molecule has 0 saturated carbocycles. The van der Waals surface area contributed by atoms with Gasteiger partial charge in [-0.1, -0.05) is 25.9 Å². The second-order valence-corrected chi connectivity index (χ2v) is 4.68. The van der Waals surface area contributed by atoms with Crippen molar-refractivity contribution >= 4 is 18.3 Å². The molecule has 0 spiro atoms. The second-order valence-electron chi connectivity index (χ2n) is 4.68. The molecule has 1 amide bonds. The first-order chi connectivity index (χ1) is 8.62. The van der Waals surface area contributed by atoms with Crippen molar-refractivity contribution in [3.63, 3.8) is 0 Å². The average Bonchev–Trinajstić information content (AvgIpc) is 2.86. The molecule has 0 fully saturated rings. The Morgan fingerprint density at radius 3 is 2.63 bits per heavy atom. The molecular weight excluding hydrogens is 266 g/mol. The highest BCUT2D eigenvalue weighted by Gasteiger charge is 2.17. The van der Waals surface area contributed by atoms with Crippen molar-refractivity contribution in [2.75, 3.05) is 13.1 Å². The minimum absolute atomic E-state index is 0. The van der Waals surface area contributed by atoms with Crippen LogP contribution in [0.1, 0.15) is 55.8 Å². The molecule has 5 nitrogen and oxygen atoms in total. The molecule has 19 heavy (non-hydrogen) atoms. The smallest absolute Gasteiger partial charge is 0.289 e. The van der Waals surface area contributed by atoms with E-state index in [9.17, 15) is 4.79 Å². The van der Waals surface area contributed by atoms with Crippen molar-refractivity contribution in [3.8, 4) is 0 Å². The number of rotatable bonds is 7. The van der Waals surface area contributed by atoms with Gasteiger partial charge in [0.2, 0.25) is 5.76 Å². The minimum atomic E-state index is -0.222. The molecule has 0 radical (unpaired) electrons. The molecule has 0 saturated heterocycles. The Morgan fingerprint density at radius 2 is 2.11 bits per heavy atom. The maximum atomic E-state index is 11.8. The van der Waals surface area contributed by atoms with E-state index in [1.165, 1.54) is 0 Å². The molecule has 1 rings (SSSR count). The summed E-state index contributed by atoms with van der Waals surface area (Å²) in [5.74, 6) is 0.676. The van der Waals surface area contributed by atoms with Gasteiger partial charge < -0.3 is 15.6 Å². The zero-order valence-electron chi connectivity index (χ0n) is 11.8. The third kappa shape index (κ3) is 5.20. The number of nitrogens with two attached hydrogens (primary N) is 1. The Labute approximate surface area is 120 Å². The number of halogens is 1. The van der Waals surface area contributed by atoms with Gasteiger partial charge in [0.25, 0.3) is 5.91 Å². The maximum absolute atomic E-state index is 11.8. The standard InChI is InChI=1S/C13H23N3O2.ClH/c1-4-10(5-2)11-6-12(18-16-11)13(17)15-8-9(3)7-14;/h6,9-10H,4-5,7-8,14H2,1-3H3,(H,15,17);1H. The van der Waals surface area contributed by atoms with E-state index in [-0.39, 0.29) is 30.0 Å². The van der Waals surface area contributed by atoms with Crippen LogP contribution in [-0.4, -0.2) is 24.2 Å². The fourth-order valence-electron chi connectivity index (χ4n) is 1.73. The number of amides is 1. The summed E-state index contributed by atoms with van der Waals surface area (Å²) >= 11 is 0. The van der Waals surface area contributed by atoms with Crippen molar-refractivity contribution in [2.24, 2.45) is 11.7 Å². The van der Waals surface area contributed by atoms with Gasteiger partial charge in [0.15, 0.2) is 0 Å². The molecule has 6 heteroatoms. The lowest BCUT2D eigenvalue weighted by Gasteiger charge is -2.08. The molecule has 1 unspecified atom stereocenters. The highest BCUT2D eigenvalue weighted by molar-refractivity contribution is 5.91. The van der Waals surface area contributed by atoms with E-state index >= 15 is 0 Å². The number of nitrogens with one attached hydrogen (secondary N) is 1. The van der Waals surface area contributed by atoms with E-state index in [2.05, 4.69) is 24.3 Å². The van der Waals surface area contributed by atoms with Crippen LogP contribution >= 0.6 is 12.4 Å². The predicted molar refractivity (Wildman–Crippen MR) is 77.6 cm³/mol. The van der Waals surface area contributed by atoms with E-state index < -0.39 is 0 Å². The number of hydrogen-bond donors (Lipinski definition) is 2. The Kier molecular flexibility index (Phi) is 8.43. The SMILES string of the molecule is CCC(CC)c1cc(C(=O)NCC(C)CN)on1.Cl. The number of nitrogens with zero attached hydrogens (tertiary/aromatic N) is 1. The fourth-order valence-corrected chi connectivity index (χ4v) is 1.73. The molecular formula is C13H24ClN3O2. The van der Waals surface area contributed by atoms with Crippen molar-refractivity contribution in [1.82, 2.24) is 10.5 Å². The number of carbonyl (C=O) groups excluding carboxylic acids is 1. The summed E-state index contributed by atoms with van der Waals surface area (Å²) in [6.07, 6.45) is 1.99. The molecule has 0 aromatic carbocycles. The van der Waals surface area contributed by atoms with Gasteiger partial charge in [-0.2, -0.15) is 0 Å². The highest BCUT2D eigenvalue weighted by Crippen LogP contribution is 2.22. The number of aromatic nitrogens is 1. The van der Waals surface area contributed by atoms with Gasteiger partial charge in [0.1, 0.15) is 0 Å². The number of carbonyl (C=O) groups is 1. The zero-order chi connectivity index (χ0) is 13.5. The zero-order valence-corrected chi connectivity index (χ0v) is 12.6. The first-order valence-electron chi connectivity index (χ1n) is 6.57. The van der Waals surface area contributed by atoms with Gasteiger partial charge in [-0.25, -0.2) is 0 Å². The van der Waals surface area contributed by atoms with Crippen LogP contribution in [0.25, 0.3) is 0 Å². The van der Waals surface area contributed by atoms with Crippen molar-refractivity contribution in [3.05, 3.63) is 17.5 Å². The maximum Gasteiger partial charge on any atom is 0.289 e. The average molecular weight is 290 g/mol. The lowest BCUT2D eigenvalue weighted by atomic mass is 9.99. The molecule has 1 atom stereocenters. The highest BCUT2D eigenvalue weighted by atomic mass is 35.5. The number of hydrogen-bond acceptors (Lipinski definition) is 4. The third-order valence-electron chi connectivity index (χ3n) is 3.17. The van der Waals surface area contributed by atoms with Crippen LogP contribution in [0.2, 0.25) is 0 Å². The summed E-state index contributed by atoms with van der Waals surface area (Å²) in [6.45, 7) is 7.29. The molecule has 0 aliphatic carbocycles. The molecule has 1 heterocycles. The second kappa shape index (κ2) is 8.93. The van der Waals surface area contributed by atoms with E-state index in [4.69, 9.17) is 10.3 Å². The van der Waals surface area contributed by atoms with Gasteiger partial charge in [0.05, 0.1) is 5.69 Å². The van der Waals surface area contributed by atoms with Crippen LogP contribution in [0.15, 0.2) is 10.6 Å². The fraction of sp³-hybridized carbons (Fsp3) is 0.692. The summed E-state index contributed by atoms with van der Waals surface area (Å²) < 4.78 is 5.08. The van der Waals surface area contributed by atoms with E-state index in [1.54, 1.807) is 6.07 Å². The third-order valence-corrected chi connectivity index (χ3v) is 3.17. The first kappa shape index (κ1) is 17.9. The minimum Gasteiger partial charge on any atom is -0.351 e. The molecule has 0 aliphatic heterocycles. The lowest BCUT2D eigenvalue weighted by Crippen LogP contribution is -2.31. The summed E-state index contributed by atoms with van der Waals surface area (Å²) in [6, 6.07) is 1.74. The normalized spacial score (nSPS) is 12.1. The van der Waals surface area contributed by atoms with Gasteiger partial charge >= 0.3 is 0 Å². The lowest BCUT2D eigenvalue weighted by molar-refractivity contribution is 0.0911. The van der Waals surface area contributed by atoms with Crippen LogP contribution in [0, 0.1) is 5.92 Å². The van der Waals surface area contributed by atoms with Gasteiger partial charge in [-0.3, -0.25) is 4.79 Å². The van der Waals surface area contributed by atoms with E-state index in [0.29, 0.717) is 19.0 Å². The van der Waals surface area contributed by atoms with E-state index in [0.717, 1.165) is 18.5 Å². The van der Waals surface area contributed by atoms with Crippen molar-refractivity contribution < 1.29 is 9.32 Å². The molecule has 0 aliphatic rings. The molecule has 1 aromatic heterocycles. The predicted octanol–water partition coefficient (Wildman–Crippen LogP) is 2.32. The van der Waals surface area contributed by atoms with Crippen molar-refractivity contribution in [1.29, 1.82) is 0 Å². The Balaban J connectivity index is 0.00000324. The van der Waals surface area contributed by atoms with Gasteiger partial charge in [0, 0.05) is 18.5 Å². The quantitative estimate of drug-likeness (QED) is 0.807. The summed E-state index contributed by atoms with van der Waals surface area (Å²) in [7, 11) is 0. The topological polar surface area (TPSA) is 81.2 Å². The molecule has 3 N–H and O–H groups in total. The first-order valence-corrected chi connectivity index (χ1v) is 6.57. The van der Waals surface area contributed by atoms with Crippen LogP contribution in [0.5, 0.6) is 0 Å². The summed E-state index contributed by atoms with van der Waals surface area (Å²) in [5, 5.41) is 6.75. The van der Waals surface area contributed by atoms with Crippen LogP contribution in [0.4, 0.5) is 0 Å². The van der Waals surface area contributed by atoms with Crippen LogP contribution < -0.4 is 11.1 Å². The molecule has 110 valence electrons. The monoisotopic (exact) mass is 289 g/mol. The molecule has 1 aromatic rings.